The molecule has 2 fully saturated rings. The third-order valence-corrected chi connectivity index (χ3v) is 5.95. The van der Waals surface area contributed by atoms with Crippen LogP contribution in [0.5, 0.6) is 0 Å². The minimum absolute atomic E-state index is 0. The molecule has 2 aliphatic rings. The molecule has 0 spiro atoms. The molecule has 0 amide bonds. The predicted octanol–water partition coefficient (Wildman–Crippen LogP) is 2.67. The molecule has 1 aliphatic heterocycles. The zero-order valence-corrected chi connectivity index (χ0v) is 20.2. The van der Waals surface area contributed by atoms with Gasteiger partial charge in [0.15, 0.2) is 5.96 Å². The smallest absolute Gasteiger partial charge is 0.191 e. The maximum Gasteiger partial charge on any atom is 0.191 e. The van der Waals surface area contributed by atoms with Crippen molar-refractivity contribution >= 4 is 35.6 Å². The van der Waals surface area contributed by atoms with Crippen LogP contribution in [0.4, 0.5) is 5.69 Å². The molecule has 0 bridgehead atoms. The summed E-state index contributed by atoms with van der Waals surface area (Å²) < 4.78 is 0. The Kier molecular flexibility index (Phi) is 10.5. The topological polar surface area (TPSA) is 63.1 Å². The Labute approximate surface area is 193 Å². The number of para-hydroxylation sites is 1. The highest BCUT2D eigenvalue weighted by atomic mass is 127. The second-order valence-electron chi connectivity index (χ2n) is 8.08. The van der Waals surface area contributed by atoms with E-state index < -0.39 is 0 Å². The first-order valence-corrected chi connectivity index (χ1v) is 10.9. The molecular formula is C22H38IN5O. The Balaban J connectivity index is 0.00000300. The fraction of sp³-hybridized carbons (Fsp3) is 0.682. The first-order valence-electron chi connectivity index (χ1n) is 10.9. The summed E-state index contributed by atoms with van der Waals surface area (Å²) in [4.78, 5) is 9.87. The molecule has 1 unspecified atom stereocenters. The minimum Gasteiger partial charge on any atom is -0.393 e. The van der Waals surface area contributed by atoms with Gasteiger partial charge in [-0.2, -0.15) is 0 Å². The third-order valence-electron chi connectivity index (χ3n) is 5.95. The second kappa shape index (κ2) is 12.6. The number of hydrogen-bond acceptors (Lipinski definition) is 4. The Morgan fingerprint density at radius 3 is 2.38 bits per heavy atom. The van der Waals surface area contributed by atoms with E-state index in [1.165, 1.54) is 5.69 Å². The van der Waals surface area contributed by atoms with Crippen molar-refractivity contribution in [2.24, 2.45) is 4.99 Å². The Morgan fingerprint density at radius 1 is 1.10 bits per heavy atom. The van der Waals surface area contributed by atoms with Gasteiger partial charge in [-0.05, 0) is 51.7 Å². The summed E-state index contributed by atoms with van der Waals surface area (Å²) in [5, 5.41) is 16.6. The van der Waals surface area contributed by atoms with E-state index in [-0.39, 0.29) is 30.1 Å². The van der Waals surface area contributed by atoms with Crippen LogP contribution in [0.25, 0.3) is 0 Å². The van der Waals surface area contributed by atoms with Gasteiger partial charge in [-0.1, -0.05) is 18.2 Å². The van der Waals surface area contributed by atoms with E-state index in [1.54, 1.807) is 0 Å². The third kappa shape index (κ3) is 7.61. The number of aliphatic imine (C=N–C) groups is 1. The molecule has 1 saturated heterocycles. The summed E-state index contributed by atoms with van der Waals surface area (Å²) >= 11 is 0. The highest BCUT2D eigenvalue weighted by molar-refractivity contribution is 14.0. The van der Waals surface area contributed by atoms with E-state index in [0.717, 1.165) is 70.9 Å². The Morgan fingerprint density at radius 2 is 1.76 bits per heavy atom. The lowest BCUT2D eigenvalue weighted by molar-refractivity contribution is 0.120. The number of piperazine rings is 1. The van der Waals surface area contributed by atoms with Gasteiger partial charge < -0.3 is 20.6 Å². The summed E-state index contributed by atoms with van der Waals surface area (Å²) in [7, 11) is 0. The molecule has 0 aromatic heterocycles. The number of nitrogens with one attached hydrogen (secondary N) is 2. The van der Waals surface area contributed by atoms with Crippen molar-refractivity contribution in [3.05, 3.63) is 30.3 Å². The van der Waals surface area contributed by atoms with Gasteiger partial charge in [-0.25, -0.2) is 0 Å². The molecule has 1 saturated carbocycles. The lowest BCUT2D eigenvalue weighted by Crippen LogP contribution is -2.51. The average molecular weight is 515 g/mol. The molecule has 1 aliphatic carbocycles. The minimum atomic E-state index is -0.118. The summed E-state index contributed by atoms with van der Waals surface area (Å²) in [6.45, 7) is 10.4. The number of nitrogens with zero attached hydrogens (tertiary/aromatic N) is 3. The van der Waals surface area contributed by atoms with E-state index in [4.69, 9.17) is 4.99 Å². The van der Waals surface area contributed by atoms with E-state index in [1.807, 2.05) is 0 Å². The second-order valence-corrected chi connectivity index (χ2v) is 8.08. The van der Waals surface area contributed by atoms with E-state index in [2.05, 4.69) is 64.6 Å². The van der Waals surface area contributed by atoms with Crippen molar-refractivity contribution < 1.29 is 5.11 Å². The van der Waals surface area contributed by atoms with Gasteiger partial charge >= 0.3 is 0 Å². The van der Waals surface area contributed by atoms with Crippen molar-refractivity contribution in [1.29, 1.82) is 0 Å². The van der Waals surface area contributed by atoms with Crippen molar-refractivity contribution in [3.8, 4) is 0 Å². The normalized spacial score (nSPS) is 24.5. The lowest BCUT2D eigenvalue weighted by Gasteiger charge is -2.38. The molecular weight excluding hydrogens is 477 g/mol. The zero-order valence-electron chi connectivity index (χ0n) is 17.9. The van der Waals surface area contributed by atoms with Crippen LogP contribution < -0.4 is 15.5 Å². The number of benzene rings is 1. The van der Waals surface area contributed by atoms with Gasteiger partial charge in [-0.3, -0.25) is 9.89 Å². The van der Waals surface area contributed by atoms with Crippen molar-refractivity contribution in [3.63, 3.8) is 0 Å². The van der Waals surface area contributed by atoms with Crippen LogP contribution in [0.3, 0.4) is 0 Å². The van der Waals surface area contributed by atoms with Gasteiger partial charge in [0.1, 0.15) is 0 Å². The van der Waals surface area contributed by atoms with Crippen LogP contribution in [0, 0.1) is 0 Å². The van der Waals surface area contributed by atoms with Crippen LogP contribution >= 0.6 is 24.0 Å². The van der Waals surface area contributed by atoms with Crippen LogP contribution in [0.1, 0.15) is 39.5 Å². The molecule has 6 nitrogen and oxygen atoms in total. The molecule has 1 atom stereocenters. The lowest BCUT2D eigenvalue weighted by atomic mass is 9.93. The fourth-order valence-electron chi connectivity index (χ4n) is 4.13. The van der Waals surface area contributed by atoms with Gasteiger partial charge in [0.25, 0.3) is 0 Å². The molecule has 0 radical (unpaired) electrons. The highest BCUT2D eigenvalue weighted by Crippen LogP contribution is 2.18. The molecule has 29 heavy (non-hydrogen) atoms. The van der Waals surface area contributed by atoms with Gasteiger partial charge in [0.2, 0.25) is 0 Å². The molecule has 7 heteroatoms. The number of aliphatic hydroxyl groups is 1. The van der Waals surface area contributed by atoms with Gasteiger partial charge in [0, 0.05) is 50.5 Å². The first-order chi connectivity index (χ1) is 13.7. The first kappa shape index (κ1) is 24.2. The van der Waals surface area contributed by atoms with Crippen LogP contribution in [0.15, 0.2) is 35.3 Å². The summed E-state index contributed by atoms with van der Waals surface area (Å²) in [5.41, 5.74) is 1.32. The fourth-order valence-corrected chi connectivity index (χ4v) is 4.13. The van der Waals surface area contributed by atoms with Crippen molar-refractivity contribution in [1.82, 2.24) is 15.5 Å². The SMILES string of the molecule is CCNC(=NCC(C)N1CCN(c2ccccc2)CC1)NC1CCC(O)CC1.I. The number of hydrogen-bond donors (Lipinski definition) is 3. The Bertz CT molecular complexity index is 598. The standard InChI is InChI=1S/C22H37N5O.HI/c1-3-23-22(25-19-9-11-21(28)12-10-19)24-17-18(2)26-13-15-27(16-14-26)20-7-5-4-6-8-20;/h4-8,18-19,21,28H,3,9-17H2,1-2H3,(H2,23,24,25);1H. The van der Waals surface area contributed by atoms with Gasteiger partial charge in [-0.15, -0.1) is 24.0 Å². The van der Waals surface area contributed by atoms with E-state index in [9.17, 15) is 5.11 Å². The number of halogens is 1. The summed E-state index contributed by atoms with van der Waals surface area (Å²) in [6.07, 6.45) is 3.69. The van der Waals surface area contributed by atoms with Crippen LogP contribution in [0.2, 0.25) is 0 Å². The zero-order chi connectivity index (χ0) is 19.8. The molecule has 1 heterocycles. The largest absolute Gasteiger partial charge is 0.393 e. The van der Waals surface area contributed by atoms with Crippen LogP contribution in [-0.2, 0) is 0 Å². The van der Waals surface area contributed by atoms with E-state index in [0.29, 0.717) is 12.1 Å². The molecule has 164 valence electrons. The van der Waals surface area contributed by atoms with Gasteiger partial charge in [0.05, 0.1) is 12.6 Å². The van der Waals surface area contributed by atoms with Crippen molar-refractivity contribution in [2.75, 3.05) is 44.2 Å². The Hall–Kier alpha value is -1.06. The number of rotatable bonds is 6. The quantitative estimate of drug-likeness (QED) is 0.309. The monoisotopic (exact) mass is 515 g/mol. The summed E-state index contributed by atoms with van der Waals surface area (Å²) in [5.74, 6) is 0.915. The highest BCUT2D eigenvalue weighted by Gasteiger charge is 2.22. The number of anilines is 1. The van der Waals surface area contributed by atoms with Crippen LogP contribution in [-0.4, -0.2) is 73.4 Å². The number of aliphatic hydroxyl groups excluding tert-OH is 1. The number of guanidine groups is 1. The molecule has 1 aromatic carbocycles. The molecule has 3 N–H and O–H groups in total. The van der Waals surface area contributed by atoms with E-state index >= 15 is 0 Å². The maximum absolute atomic E-state index is 9.69. The predicted molar refractivity (Wildman–Crippen MR) is 132 cm³/mol. The molecule has 1 aromatic rings. The van der Waals surface area contributed by atoms with Crippen molar-refractivity contribution in [2.45, 2.75) is 57.7 Å². The summed E-state index contributed by atoms with van der Waals surface area (Å²) in [6, 6.07) is 11.5. The maximum atomic E-state index is 9.69. The molecule has 3 rings (SSSR count). The average Bonchev–Trinajstić information content (AvgIpc) is 2.74.